The molecule has 8 heteroatoms. The van der Waals surface area contributed by atoms with Gasteiger partial charge in [0, 0.05) is 44.2 Å². The summed E-state index contributed by atoms with van der Waals surface area (Å²) in [5.41, 5.74) is 2.29. The van der Waals surface area contributed by atoms with E-state index in [0.29, 0.717) is 5.75 Å². The molecule has 0 saturated heterocycles. The Morgan fingerprint density at radius 1 is 1.03 bits per heavy atom. The molecule has 4 aromatic rings. The number of fused-ring (bicyclic) bond motifs is 2. The maximum atomic E-state index is 12.4. The number of hydrogen-bond acceptors (Lipinski definition) is 6. The zero-order valence-electron chi connectivity index (χ0n) is 19.2. The van der Waals surface area contributed by atoms with E-state index in [9.17, 15) is 4.79 Å². The van der Waals surface area contributed by atoms with Crippen LogP contribution < -0.4 is 10.1 Å². The number of para-hydroxylation sites is 2. The van der Waals surface area contributed by atoms with Gasteiger partial charge < -0.3 is 14.6 Å². The average molecular weight is 457 g/mol. The van der Waals surface area contributed by atoms with E-state index in [4.69, 9.17) is 4.74 Å². The fourth-order valence-corrected chi connectivity index (χ4v) is 4.42. The van der Waals surface area contributed by atoms with Crippen molar-refractivity contribution < 1.29 is 9.53 Å². The predicted molar refractivity (Wildman–Crippen MR) is 129 cm³/mol. The van der Waals surface area contributed by atoms with Gasteiger partial charge in [-0.2, -0.15) is 0 Å². The molecule has 0 saturated carbocycles. The van der Waals surface area contributed by atoms with Gasteiger partial charge in [0.1, 0.15) is 11.6 Å². The minimum atomic E-state index is -0.262. The topological polar surface area (TPSA) is 85.2 Å². The van der Waals surface area contributed by atoms with Crippen molar-refractivity contribution in [3.63, 3.8) is 0 Å². The van der Waals surface area contributed by atoms with Crippen molar-refractivity contribution in [3.8, 4) is 5.75 Å². The monoisotopic (exact) mass is 456 g/mol. The van der Waals surface area contributed by atoms with Gasteiger partial charge in [0.25, 0.3) is 5.91 Å². The third-order valence-electron chi connectivity index (χ3n) is 6.14. The van der Waals surface area contributed by atoms with Crippen LogP contribution in [0.3, 0.4) is 0 Å². The van der Waals surface area contributed by atoms with Crippen LogP contribution in [-0.4, -0.2) is 50.3 Å². The number of hydrogen-bond donors (Lipinski definition) is 1. The van der Waals surface area contributed by atoms with Crippen molar-refractivity contribution in [3.05, 3.63) is 84.1 Å². The minimum Gasteiger partial charge on any atom is -0.484 e. The first-order valence-electron chi connectivity index (χ1n) is 11.6. The Labute approximate surface area is 198 Å². The van der Waals surface area contributed by atoms with Crippen LogP contribution in [0.25, 0.3) is 10.9 Å². The molecule has 1 aliphatic heterocycles. The average Bonchev–Trinajstić information content (AvgIpc) is 3.18. The van der Waals surface area contributed by atoms with Crippen molar-refractivity contribution in [2.45, 2.75) is 32.5 Å². The number of nitrogens with one attached hydrogen (secondary N) is 1. The first-order chi connectivity index (χ1) is 16.7. The van der Waals surface area contributed by atoms with E-state index in [2.05, 4.69) is 54.2 Å². The van der Waals surface area contributed by atoms with Gasteiger partial charge in [0.05, 0.1) is 11.6 Å². The fourth-order valence-electron chi connectivity index (χ4n) is 4.42. The van der Waals surface area contributed by atoms with Crippen molar-refractivity contribution in [2.75, 3.05) is 19.7 Å². The maximum Gasteiger partial charge on any atom is 0.258 e. The second kappa shape index (κ2) is 10.0. The number of nitrogens with zero attached hydrogens (tertiary/aromatic N) is 5. The Kier molecular flexibility index (Phi) is 6.49. The van der Waals surface area contributed by atoms with Crippen molar-refractivity contribution in [2.24, 2.45) is 0 Å². The Morgan fingerprint density at radius 2 is 1.88 bits per heavy atom. The largest absolute Gasteiger partial charge is 0.484 e. The number of ether oxygens (including phenoxy) is 1. The van der Waals surface area contributed by atoms with Crippen LogP contribution in [0, 0.1) is 0 Å². The van der Waals surface area contributed by atoms with Gasteiger partial charge in [-0.25, -0.2) is 0 Å². The molecule has 1 N–H and O–H groups in total. The van der Waals surface area contributed by atoms with Crippen LogP contribution in [0.15, 0.2) is 66.9 Å². The molecule has 0 unspecified atom stereocenters. The summed E-state index contributed by atoms with van der Waals surface area (Å²) < 4.78 is 7.70. The molecular weight excluding hydrogens is 428 g/mol. The molecule has 174 valence electrons. The third kappa shape index (κ3) is 4.92. The Hall–Kier alpha value is -3.78. The summed E-state index contributed by atoms with van der Waals surface area (Å²) in [5, 5.41) is 13.0. The number of amides is 1. The number of rotatable bonds is 7. The highest BCUT2D eigenvalue weighted by Gasteiger charge is 2.23. The molecule has 1 amide bonds. The zero-order valence-corrected chi connectivity index (χ0v) is 19.2. The molecule has 3 heterocycles. The molecule has 8 nitrogen and oxygen atoms in total. The number of benzene rings is 2. The molecule has 34 heavy (non-hydrogen) atoms. The maximum absolute atomic E-state index is 12.4. The quantitative estimate of drug-likeness (QED) is 0.460. The van der Waals surface area contributed by atoms with Gasteiger partial charge in [0.15, 0.2) is 12.4 Å². The van der Waals surface area contributed by atoms with Crippen LogP contribution >= 0.6 is 0 Å². The molecule has 0 aliphatic carbocycles. The second-order valence-electron chi connectivity index (χ2n) is 8.54. The Bertz CT molecular complexity index is 1270. The lowest BCUT2D eigenvalue weighted by molar-refractivity contribution is -0.123. The summed E-state index contributed by atoms with van der Waals surface area (Å²) in [4.78, 5) is 19.4. The lowest BCUT2D eigenvalue weighted by atomic mass is 10.1. The number of carbonyl (C=O) groups excluding carboxylic acids is 1. The second-order valence-corrected chi connectivity index (χ2v) is 8.54. The van der Waals surface area contributed by atoms with Crippen molar-refractivity contribution in [1.82, 2.24) is 30.0 Å². The van der Waals surface area contributed by atoms with E-state index < -0.39 is 0 Å². The molecule has 0 fully saturated rings. The molecular formula is C26H28N6O2. The van der Waals surface area contributed by atoms with Crippen LogP contribution in [-0.2, 0) is 24.3 Å². The van der Waals surface area contributed by atoms with E-state index in [0.717, 1.165) is 55.2 Å². The van der Waals surface area contributed by atoms with Crippen molar-refractivity contribution in [1.29, 1.82) is 0 Å². The van der Waals surface area contributed by atoms with Crippen molar-refractivity contribution >= 4 is 16.8 Å². The van der Waals surface area contributed by atoms with Crippen LogP contribution in [0.1, 0.15) is 30.2 Å². The van der Waals surface area contributed by atoms with E-state index in [-0.39, 0.29) is 18.6 Å². The summed E-state index contributed by atoms with van der Waals surface area (Å²) in [7, 11) is 0. The highest BCUT2D eigenvalue weighted by Crippen LogP contribution is 2.20. The summed E-state index contributed by atoms with van der Waals surface area (Å²) in [5.74, 6) is 2.21. The Balaban J connectivity index is 1.21. The van der Waals surface area contributed by atoms with Gasteiger partial charge in [0.2, 0.25) is 0 Å². The molecule has 2 aromatic heterocycles. The molecule has 1 aliphatic rings. The first kappa shape index (κ1) is 22.0. The van der Waals surface area contributed by atoms with Crippen LogP contribution in [0.2, 0.25) is 0 Å². The lowest BCUT2D eigenvalue weighted by Crippen LogP contribution is -2.33. The van der Waals surface area contributed by atoms with Gasteiger partial charge in [-0.1, -0.05) is 42.5 Å². The summed E-state index contributed by atoms with van der Waals surface area (Å²) in [6.45, 7) is 5.28. The SMILES string of the molecule is C[C@H](NC(=O)COc1ccccc1)c1nnc2n1CCN(Cc1cccc3cccnc13)CC2. The van der Waals surface area contributed by atoms with Crippen LogP contribution in [0.5, 0.6) is 5.75 Å². The smallest absolute Gasteiger partial charge is 0.258 e. The molecule has 1 atom stereocenters. The Morgan fingerprint density at radius 3 is 2.76 bits per heavy atom. The fraction of sp³-hybridized carbons (Fsp3) is 0.308. The van der Waals surface area contributed by atoms with E-state index in [1.165, 1.54) is 5.56 Å². The molecule has 0 bridgehead atoms. The number of carbonyl (C=O) groups is 1. The van der Waals surface area contributed by atoms with E-state index >= 15 is 0 Å². The van der Waals surface area contributed by atoms with Gasteiger partial charge in [-0.15, -0.1) is 10.2 Å². The molecule has 5 rings (SSSR count). The minimum absolute atomic E-state index is 0.0395. The number of pyridine rings is 1. The van der Waals surface area contributed by atoms with Gasteiger partial charge in [-0.3, -0.25) is 14.7 Å². The van der Waals surface area contributed by atoms with Gasteiger partial charge >= 0.3 is 0 Å². The highest BCUT2D eigenvalue weighted by molar-refractivity contribution is 5.81. The molecule has 0 spiro atoms. The summed E-state index contributed by atoms with van der Waals surface area (Å²) in [6, 6.07) is 19.5. The molecule has 2 aromatic carbocycles. The third-order valence-corrected chi connectivity index (χ3v) is 6.14. The lowest BCUT2D eigenvalue weighted by Gasteiger charge is -2.21. The van der Waals surface area contributed by atoms with E-state index in [1.54, 1.807) is 0 Å². The standard InChI is InChI=1S/C26H28N6O2/c1-19(28-24(33)18-34-22-10-3-2-4-11-22)26-30-29-23-12-14-31(15-16-32(23)26)17-21-8-5-7-20-9-6-13-27-25(20)21/h2-11,13,19H,12,14-18H2,1H3,(H,28,33)/t19-/m0/s1. The number of aromatic nitrogens is 4. The predicted octanol–water partition coefficient (Wildman–Crippen LogP) is 3.14. The normalized spacial score (nSPS) is 14.9. The van der Waals surface area contributed by atoms with Gasteiger partial charge in [-0.05, 0) is 30.7 Å². The first-order valence-corrected chi connectivity index (χ1v) is 11.6. The summed E-state index contributed by atoms with van der Waals surface area (Å²) >= 11 is 0. The zero-order chi connectivity index (χ0) is 23.3. The molecule has 0 radical (unpaired) electrons. The summed E-state index contributed by atoms with van der Waals surface area (Å²) in [6.07, 6.45) is 2.66. The van der Waals surface area contributed by atoms with E-state index in [1.807, 2.05) is 49.5 Å². The van der Waals surface area contributed by atoms with Crippen LogP contribution in [0.4, 0.5) is 0 Å². The highest BCUT2D eigenvalue weighted by atomic mass is 16.5.